The van der Waals surface area contributed by atoms with Crippen LogP contribution in [0.25, 0.3) is 22.0 Å². The van der Waals surface area contributed by atoms with Gasteiger partial charge in [0.25, 0.3) is 0 Å². The summed E-state index contributed by atoms with van der Waals surface area (Å²) < 4.78 is 7.04. The SMILES string of the molecule is CCOC(=O)c1c(C)n(C)c2cc(-c3cc(Cl)ccc3Cl)c(O)cc12. The molecule has 0 amide bonds. The molecule has 0 fully saturated rings. The fraction of sp³-hybridized carbons (Fsp3) is 0.211. The van der Waals surface area contributed by atoms with Gasteiger partial charge in [0.05, 0.1) is 12.2 Å². The number of fused-ring (bicyclic) bond motifs is 1. The first kappa shape index (κ1) is 17.6. The summed E-state index contributed by atoms with van der Waals surface area (Å²) in [6, 6.07) is 8.45. The van der Waals surface area contributed by atoms with Crippen LogP contribution in [-0.4, -0.2) is 22.2 Å². The van der Waals surface area contributed by atoms with E-state index in [0.29, 0.717) is 32.1 Å². The number of carbonyl (C=O) groups is 1. The summed E-state index contributed by atoms with van der Waals surface area (Å²) in [5.74, 6) is -0.383. The third kappa shape index (κ3) is 2.96. The third-order valence-corrected chi connectivity index (χ3v) is 4.87. The zero-order valence-electron chi connectivity index (χ0n) is 14.1. The molecule has 4 nitrogen and oxygen atoms in total. The highest BCUT2D eigenvalue weighted by Crippen LogP contribution is 2.40. The van der Waals surface area contributed by atoms with Gasteiger partial charge < -0.3 is 14.4 Å². The first-order chi connectivity index (χ1) is 11.8. The van der Waals surface area contributed by atoms with Gasteiger partial charge in [0.1, 0.15) is 5.75 Å². The Morgan fingerprint density at radius 1 is 1.20 bits per heavy atom. The van der Waals surface area contributed by atoms with Crippen molar-refractivity contribution in [3.05, 3.63) is 51.6 Å². The number of benzene rings is 2. The number of phenolic OH excluding ortho intramolecular Hbond substituents is 1. The van der Waals surface area contributed by atoms with Crippen molar-refractivity contribution in [2.75, 3.05) is 6.61 Å². The summed E-state index contributed by atoms with van der Waals surface area (Å²) >= 11 is 12.3. The molecule has 130 valence electrons. The topological polar surface area (TPSA) is 51.5 Å². The molecule has 25 heavy (non-hydrogen) atoms. The van der Waals surface area contributed by atoms with Gasteiger partial charge in [0.2, 0.25) is 0 Å². The number of halogens is 2. The number of nitrogens with zero attached hydrogens (tertiary/aromatic N) is 1. The highest BCUT2D eigenvalue weighted by atomic mass is 35.5. The number of esters is 1. The van der Waals surface area contributed by atoms with Gasteiger partial charge in [-0.2, -0.15) is 0 Å². The van der Waals surface area contributed by atoms with Crippen LogP contribution in [-0.2, 0) is 11.8 Å². The summed E-state index contributed by atoms with van der Waals surface area (Å²) in [6.07, 6.45) is 0. The quantitative estimate of drug-likeness (QED) is 0.626. The number of aromatic nitrogens is 1. The van der Waals surface area contributed by atoms with Crippen LogP contribution in [0.5, 0.6) is 5.75 Å². The minimum absolute atomic E-state index is 0.0211. The first-order valence-corrected chi connectivity index (χ1v) is 8.55. The summed E-state index contributed by atoms with van der Waals surface area (Å²) in [6.45, 7) is 3.89. The number of hydrogen-bond acceptors (Lipinski definition) is 3. The highest BCUT2D eigenvalue weighted by molar-refractivity contribution is 6.35. The Morgan fingerprint density at radius 3 is 2.60 bits per heavy atom. The van der Waals surface area contributed by atoms with Crippen molar-refractivity contribution in [3.8, 4) is 16.9 Å². The third-order valence-electron chi connectivity index (χ3n) is 4.31. The number of rotatable bonds is 3. The second-order valence-electron chi connectivity index (χ2n) is 5.75. The van der Waals surface area contributed by atoms with Crippen molar-refractivity contribution in [2.45, 2.75) is 13.8 Å². The lowest BCUT2D eigenvalue weighted by Gasteiger charge is -2.09. The second kappa shape index (κ2) is 6.62. The Hall–Kier alpha value is -2.17. The van der Waals surface area contributed by atoms with Crippen LogP contribution in [0.1, 0.15) is 23.0 Å². The van der Waals surface area contributed by atoms with Crippen LogP contribution in [0.2, 0.25) is 10.0 Å². The monoisotopic (exact) mass is 377 g/mol. The molecule has 1 heterocycles. The van der Waals surface area contributed by atoms with Gasteiger partial charge in [-0.1, -0.05) is 23.2 Å². The molecule has 3 aromatic rings. The molecule has 0 aliphatic carbocycles. The van der Waals surface area contributed by atoms with Gasteiger partial charge in [0, 0.05) is 44.8 Å². The van der Waals surface area contributed by atoms with E-state index in [4.69, 9.17) is 27.9 Å². The maximum absolute atomic E-state index is 12.3. The zero-order chi connectivity index (χ0) is 18.3. The molecule has 0 radical (unpaired) electrons. The minimum atomic E-state index is -0.404. The van der Waals surface area contributed by atoms with E-state index in [9.17, 15) is 9.90 Å². The molecular weight excluding hydrogens is 361 g/mol. The number of aryl methyl sites for hydroxylation is 1. The minimum Gasteiger partial charge on any atom is -0.507 e. The van der Waals surface area contributed by atoms with Gasteiger partial charge in [-0.15, -0.1) is 0 Å². The van der Waals surface area contributed by atoms with Crippen LogP contribution >= 0.6 is 23.2 Å². The predicted molar refractivity (Wildman–Crippen MR) is 101 cm³/mol. The van der Waals surface area contributed by atoms with E-state index >= 15 is 0 Å². The summed E-state index contributed by atoms with van der Waals surface area (Å²) in [4.78, 5) is 12.3. The summed E-state index contributed by atoms with van der Waals surface area (Å²) in [5.41, 5.74) is 3.20. The molecule has 0 unspecified atom stereocenters. The molecule has 6 heteroatoms. The van der Waals surface area contributed by atoms with E-state index in [0.717, 1.165) is 11.2 Å². The Morgan fingerprint density at radius 2 is 1.92 bits per heavy atom. The van der Waals surface area contributed by atoms with Gasteiger partial charge in [-0.25, -0.2) is 4.79 Å². The lowest BCUT2D eigenvalue weighted by atomic mass is 10.0. The van der Waals surface area contributed by atoms with Gasteiger partial charge in [0.15, 0.2) is 0 Å². The van der Waals surface area contributed by atoms with E-state index in [1.165, 1.54) is 0 Å². The van der Waals surface area contributed by atoms with E-state index < -0.39 is 5.97 Å². The first-order valence-electron chi connectivity index (χ1n) is 7.79. The van der Waals surface area contributed by atoms with E-state index in [-0.39, 0.29) is 12.4 Å². The van der Waals surface area contributed by atoms with Crippen LogP contribution in [0, 0.1) is 6.92 Å². The Labute approximate surface area is 155 Å². The zero-order valence-corrected chi connectivity index (χ0v) is 15.6. The maximum atomic E-state index is 12.3. The van der Waals surface area contributed by atoms with Crippen LogP contribution < -0.4 is 0 Å². The molecule has 0 saturated heterocycles. The molecule has 0 aliphatic heterocycles. The largest absolute Gasteiger partial charge is 0.507 e. The van der Waals surface area contributed by atoms with Crippen molar-refractivity contribution < 1.29 is 14.6 Å². The average Bonchev–Trinajstić information content (AvgIpc) is 2.80. The standard InChI is InChI=1S/C19H17Cl2NO3/c1-4-25-19(24)18-10(2)22(3)16-8-13(17(23)9-14(16)18)12-7-11(20)5-6-15(12)21/h5-9,23H,4H2,1-3H3. The lowest BCUT2D eigenvalue weighted by Crippen LogP contribution is -2.06. The van der Waals surface area contributed by atoms with E-state index in [2.05, 4.69) is 0 Å². The van der Waals surface area contributed by atoms with Crippen molar-refractivity contribution in [1.29, 1.82) is 0 Å². The van der Waals surface area contributed by atoms with E-state index in [1.807, 2.05) is 18.5 Å². The van der Waals surface area contributed by atoms with Crippen LogP contribution in [0.15, 0.2) is 30.3 Å². The number of aromatic hydroxyl groups is 1. The fourth-order valence-corrected chi connectivity index (χ4v) is 3.37. The number of carbonyl (C=O) groups excluding carboxylic acids is 1. The Balaban J connectivity index is 2.29. The smallest absolute Gasteiger partial charge is 0.340 e. The van der Waals surface area contributed by atoms with Crippen LogP contribution in [0.4, 0.5) is 0 Å². The van der Waals surface area contributed by atoms with Gasteiger partial charge >= 0.3 is 5.97 Å². The molecule has 0 atom stereocenters. The summed E-state index contributed by atoms with van der Waals surface area (Å²) in [7, 11) is 1.86. The molecule has 0 spiro atoms. The molecule has 0 bridgehead atoms. The molecular formula is C19H17Cl2NO3. The van der Waals surface area contributed by atoms with Crippen molar-refractivity contribution in [2.24, 2.45) is 7.05 Å². The van der Waals surface area contributed by atoms with Crippen molar-refractivity contribution >= 4 is 40.1 Å². The maximum Gasteiger partial charge on any atom is 0.340 e. The van der Waals surface area contributed by atoms with Gasteiger partial charge in [-0.3, -0.25) is 0 Å². The molecule has 0 saturated carbocycles. The summed E-state index contributed by atoms with van der Waals surface area (Å²) in [5, 5.41) is 12.2. The average molecular weight is 378 g/mol. The number of phenols is 1. The number of hydrogen-bond donors (Lipinski definition) is 1. The Bertz CT molecular complexity index is 992. The van der Waals surface area contributed by atoms with Crippen molar-refractivity contribution in [3.63, 3.8) is 0 Å². The second-order valence-corrected chi connectivity index (χ2v) is 6.59. The van der Waals surface area contributed by atoms with Crippen molar-refractivity contribution in [1.82, 2.24) is 4.57 Å². The van der Waals surface area contributed by atoms with E-state index in [1.54, 1.807) is 37.3 Å². The number of ether oxygens (including phenoxy) is 1. The lowest BCUT2D eigenvalue weighted by molar-refractivity contribution is 0.0527. The molecule has 1 aromatic heterocycles. The normalized spacial score (nSPS) is 11.1. The molecule has 1 N–H and O–H groups in total. The predicted octanol–water partition coefficient (Wildman–Crippen LogP) is 5.34. The fourth-order valence-electron chi connectivity index (χ4n) is 2.98. The van der Waals surface area contributed by atoms with Crippen LogP contribution in [0.3, 0.4) is 0 Å². The Kier molecular flexibility index (Phi) is 4.67. The highest BCUT2D eigenvalue weighted by Gasteiger charge is 2.22. The van der Waals surface area contributed by atoms with Gasteiger partial charge in [-0.05, 0) is 44.2 Å². The molecule has 2 aromatic carbocycles. The molecule has 0 aliphatic rings. The molecule has 3 rings (SSSR count).